The summed E-state index contributed by atoms with van der Waals surface area (Å²) >= 11 is 0. The van der Waals surface area contributed by atoms with Crippen LogP contribution in [-0.2, 0) is 23.1 Å². The Labute approximate surface area is 209 Å². The largest absolute Gasteiger partial charge is 0.508 e. The fourth-order valence-corrected chi connectivity index (χ4v) is 5.44. The lowest BCUT2D eigenvalue weighted by Gasteiger charge is -2.40. The monoisotopic (exact) mass is 530 g/mol. The van der Waals surface area contributed by atoms with E-state index in [-0.39, 0.29) is 16.7 Å². The van der Waals surface area contributed by atoms with Crippen LogP contribution in [0.25, 0.3) is 0 Å². The van der Waals surface area contributed by atoms with E-state index in [1.54, 1.807) is 0 Å². The Morgan fingerprint density at radius 3 is 2.09 bits per heavy atom. The van der Waals surface area contributed by atoms with E-state index in [1.165, 1.54) is 23.9 Å². The molecule has 1 unspecified atom stereocenters. The van der Waals surface area contributed by atoms with E-state index in [9.17, 15) is 14.4 Å². The van der Waals surface area contributed by atoms with Crippen LogP contribution in [0.5, 0.6) is 0 Å². The number of carbonyl (C=O) groups is 1. The van der Waals surface area contributed by atoms with Crippen molar-refractivity contribution in [1.29, 1.82) is 0 Å². The first kappa shape index (κ1) is 29.5. The van der Waals surface area contributed by atoms with Gasteiger partial charge in [0.1, 0.15) is 12.2 Å². The number of hydrogen-bond acceptors (Lipinski definition) is 8. The van der Waals surface area contributed by atoms with Gasteiger partial charge < -0.3 is 23.1 Å². The zero-order chi connectivity index (χ0) is 27.0. The fourth-order valence-electron chi connectivity index (χ4n) is 3.14. The van der Waals surface area contributed by atoms with E-state index in [0.717, 1.165) is 0 Å². The summed E-state index contributed by atoms with van der Waals surface area (Å²) in [5.74, 6) is 0. The zero-order valence-corrected chi connectivity index (χ0v) is 24.9. The predicted molar refractivity (Wildman–Crippen MR) is 138 cm³/mol. The van der Waals surface area contributed by atoms with Crippen molar-refractivity contribution in [3.05, 3.63) is 33.1 Å². The summed E-state index contributed by atoms with van der Waals surface area (Å²) in [6.45, 7) is 21.2. The Morgan fingerprint density at radius 2 is 1.60 bits per heavy atom. The van der Waals surface area contributed by atoms with Gasteiger partial charge >= 0.3 is 11.8 Å². The molecule has 0 saturated carbocycles. The van der Waals surface area contributed by atoms with E-state index in [1.807, 2.05) is 0 Å². The molecular weight excluding hydrogens is 488 g/mol. The number of methoxy groups -OCH3 is 1. The van der Waals surface area contributed by atoms with Crippen molar-refractivity contribution in [2.45, 2.75) is 102 Å². The normalized spacial score (nSPS) is 23.9. The van der Waals surface area contributed by atoms with E-state index >= 15 is 0 Å². The molecule has 35 heavy (non-hydrogen) atoms. The molecule has 2 heterocycles. The van der Waals surface area contributed by atoms with Crippen LogP contribution in [0.15, 0.2) is 21.9 Å². The number of aromatic amines is 1. The molecule has 1 aromatic rings. The van der Waals surface area contributed by atoms with Crippen LogP contribution >= 0.6 is 0 Å². The lowest BCUT2D eigenvalue weighted by atomic mass is 10.1. The molecule has 2 rings (SSSR count). The Hall–Kier alpha value is -1.74. The number of nitrogens with zero attached hydrogens (tertiary/aromatic N) is 1. The molecule has 0 bridgehead atoms. The van der Waals surface area contributed by atoms with Gasteiger partial charge in [0.15, 0.2) is 29.0 Å². The SMILES string of the molecule is COC(=O)O[C@@H]1C(O[Si](C)(C)C(C)(C)C)[C@H](n2ccc(=O)[nH]c2=O)O[C@@H]1CO[Si](C)(C)C(C)(C)C. The van der Waals surface area contributed by atoms with Crippen LogP contribution in [-0.4, -0.2) is 64.4 Å². The van der Waals surface area contributed by atoms with Crippen LogP contribution in [0, 0.1) is 0 Å². The smallest absolute Gasteiger partial charge is 0.438 e. The predicted octanol–water partition coefficient (Wildman–Crippen LogP) is 4.00. The van der Waals surface area contributed by atoms with Crippen LogP contribution < -0.4 is 11.2 Å². The van der Waals surface area contributed by atoms with Crippen molar-refractivity contribution in [2.24, 2.45) is 0 Å². The van der Waals surface area contributed by atoms with Crippen LogP contribution in [0.1, 0.15) is 47.8 Å². The minimum absolute atomic E-state index is 0.0450. The third-order valence-electron chi connectivity index (χ3n) is 7.46. The highest BCUT2D eigenvalue weighted by Crippen LogP contribution is 2.43. The summed E-state index contributed by atoms with van der Waals surface area (Å²) in [4.78, 5) is 38.9. The standard InChI is InChI=1S/C23H42N2O8Si2/c1-22(2,3)34(8,9)30-14-15-17(32-21(28)29-7)18(33-35(10,11)23(4,5)6)19(31-15)25-13-12-16(26)24-20(25)27/h12-13,15,17-19H,14H2,1-11H3,(H,24,26,27)/t15-,17+,18?,19-/m1/s1. The lowest BCUT2D eigenvalue weighted by Crippen LogP contribution is -2.51. The van der Waals surface area contributed by atoms with E-state index < -0.39 is 58.6 Å². The molecule has 1 aliphatic heterocycles. The van der Waals surface area contributed by atoms with E-state index in [0.29, 0.717) is 0 Å². The summed E-state index contributed by atoms with van der Waals surface area (Å²) in [6, 6.07) is 1.24. The van der Waals surface area contributed by atoms with Crippen molar-refractivity contribution < 1.29 is 27.9 Å². The maximum absolute atomic E-state index is 12.7. The molecule has 0 aliphatic carbocycles. The summed E-state index contributed by atoms with van der Waals surface area (Å²) in [5.41, 5.74) is -1.17. The Bertz CT molecular complexity index is 1010. The second-order valence-electron chi connectivity index (χ2n) is 12.0. The minimum Gasteiger partial charge on any atom is -0.438 e. The maximum atomic E-state index is 12.7. The Kier molecular flexibility index (Phi) is 8.70. The molecule has 12 heteroatoms. The highest BCUT2D eigenvalue weighted by molar-refractivity contribution is 6.74. The van der Waals surface area contributed by atoms with E-state index in [4.69, 9.17) is 23.1 Å². The molecule has 0 spiro atoms. The van der Waals surface area contributed by atoms with Crippen molar-refractivity contribution in [2.75, 3.05) is 13.7 Å². The summed E-state index contributed by atoms with van der Waals surface area (Å²) < 4.78 is 31.1. The molecule has 200 valence electrons. The quantitative estimate of drug-likeness (QED) is 0.415. The van der Waals surface area contributed by atoms with Crippen molar-refractivity contribution >= 4 is 22.8 Å². The second kappa shape index (κ2) is 10.3. The topological polar surface area (TPSA) is 118 Å². The van der Waals surface area contributed by atoms with E-state index in [2.05, 4.69) is 72.7 Å². The Morgan fingerprint density at radius 1 is 1.03 bits per heavy atom. The number of hydrogen-bond donors (Lipinski definition) is 1. The number of aromatic nitrogens is 2. The van der Waals surface area contributed by atoms with Gasteiger partial charge in [-0.25, -0.2) is 9.59 Å². The lowest BCUT2D eigenvalue weighted by molar-refractivity contribution is -0.0548. The van der Waals surface area contributed by atoms with Crippen molar-refractivity contribution in [1.82, 2.24) is 9.55 Å². The second-order valence-corrected chi connectivity index (χ2v) is 21.6. The molecule has 4 atom stereocenters. The van der Waals surface area contributed by atoms with Crippen LogP contribution in [0.4, 0.5) is 4.79 Å². The first-order valence-electron chi connectivity index (χ1n) is 11.8. The molecule has 1 aliphatic rings. The summed E-state index contributed by atoms with van der Waals surface area (Å²) in [5, 5.41) is -0.213. The third-order valence-corrected chi connectivity index (χ3v) is 16.4. The van der Waals surface area contributed by atoms with Gasteiger partial charge in [0.2, 0.25) is 0 Å². The number of carbonyl (C=O) groups excluding carboxylic acids is 1. The number of nitrogens with one attached hydrogen (secondary N) is 1. The summed E-state index contributed by atoms with van der Waals surface area (Å²) in [6.07, 6.45) is -2.91. The molecule has 10 nitrogen and oxygen atoms in total. The van der Waals surface area contributed by atoms with Gasteiger partial charge in [-0.15, -0.1) is 0 Å². The zero-order valence-electron chi connectivity index (χ0n) is 22.9. The molecule has 0 amide bonds. The minimum atomic E-state index is -2.43. The van der Waals surface area contributed by atoms with Crippen LogP contribution in [0.3, 0.4) is 0 Å². The molecule has 1 N–H and O–H groups in total. The maximum Gasteiger partial charge on any atom is 0.508 e. The van der Waals surface area contributed by atoms with Gasteiger partial charge in [-0.1, -0.05) is 41.5 Å². The van der Waals surface area contributed by atoms with Gasteiger partial charge in [-0.2, -0.15) is 0 Å². The average molecular weight is 531 g/mol. The average Bonchev–Trinajstić information content (AvgIpc) is 3.01. The fraction of sp³-hybridized carbons (Fsp3) is 0.783. The van der Waals surface area contributed by atoms with Crippen LogP contribution in [0.2, 0.25) is 36.3 Å². The third kappa shape index (κ3) is 6.73. The van der Waals surface area contributed by atoms with Gasteiger partial charge in [-0.05, 0) is 36.3 Å². The van der Waals surface area contributed by atoms with Crippen molar-refractivity contribution in [3.8, 4) is 0 Å². The first-order chi connectivity index (χ1) is 15.8. The Balaban J connectivity index is 2.54. The molecule has 1 saturated heterocycles. The highest BCUT2D eigenvalue weighted by atomic mass is 28.4. The van der Waals surface area contributed by atoms with Crippen molar-refractivity contribution in [3.63, 3.8) is 0 Å². The highest BCUT2D eigenvalue weighted by Gasteiger charge is 2.54. The molecule has 0 aromatic carbocycles. The van der Waals surface area contributed by atoms with Gasteiger partial charge in [0.25, 0.3) is 5.56 Å². The molecule has 1 aromatic heterocycles. The van der Waals surface area contributed by atoms with Gasteiger partial charge in [0, 0.05) is 12.3 Å². The van der Waals surface area contributed by atoms with Gasteiger partial charge in [-0.3, -0.25) is 14.3 Å². The number of rotatable bonds is 7. The molecule has 1 fully saturated rings. The molecular formula is C23H42N2O8Si2. The molecule has 0 radical (unpaired) electrons. The number of H-pyrrole nitrogens is 1. The first-order valence-corrected chi connectivity index (χ1v) is 17.7. The van der Waals surface area contributed by atoms with Gasteiger partial charge in [0.05, 0.1) is 13.7 Å². The summed E-state index contributed by atoms with van der Waals surface area (Å²) in [7, 11) is -3.37. The number of ether oxygens (including phenoxy) is 3.